The second kappa shape index (κ2) is 5.82. The first-order valence-electron chi connectivity index (χ1n) is 5.94. The second-order valence-corrected chi connectivity index (χ2v) is 4.18. The highest BCUT2D eigenvalue weighted by Gasteiger charge is 2.08. The lowest BCUT2D eigenvalue weighted by Crippen LogP contribution is -2.27. The van der Waals surface area contributed by atoms with Crippen molar-refractivity contribution in [3.8, 4) is 0 Å². The van der Waals surface area contributed by atoms with Crippen molar-refractivity contribution in [2.75, 3.05) is 38.5 Å². The Morgan fingerprint density at radius 3 is 3.06 bits per heavy atom. The highest BCUT2D eigenvalue weighted by Crippen LogP contribution is 2.08. The smallest absolute Gasteiger partial charge is 0.125 e. The van der Waals surface area contributed by atoms with Crippen LogP contribution in [-0.2, 0) is 6.54 Å². The number of nitrogens with one attached hydrogen (secondary N) is 2. The molecule has 1 aromatic rings. The van der Waals surface area contributed by atoms with Crippen LogP contribution in [0.4, 0.5) is 5.82 Å². The molecular formula is C12H20N4. The summed E-state index contributed by atoms with van der Waals surface area (Å²) in [6, 6.07) is 4.18. The van der Waals surface area contributed by atoms with Gasteiger partial charge in [-0.05, 0) is 31.1 Å². The Balaban J connectivity index is 1.91. The van der Waals surface area contributed by atoms with Crippen molar-refractivity contribution in [1.29, 1.82) is 0 Å². The molecule has 1 aromatic heterocycles. The molecule has 0 aromatic carbocycles. The van der Waals surface area contributed by atoms with Gasteiger partial charge >= 0.3 is 0 Å². The molecule has 2 rings (SSSR count). The zero-order valence-corrected chi connectivity index (χ0v) is 9.87. The van der Waals surface area contributed by atoms with Gasteiger partial charge in [-0.3, -0.25) is 4.90 Å². The minimum absolute atomic E-state index is 0.932. The van der Waals surface area contributed by atoms with E-state index in [1.807, 2.05) is 19.3 Å². The zero-order chi connectivity index (χ0) is 11.2. The highest BCUT2D eigenvalue weighted by molar-refractivity contribution is 5.34. The molecule has 1 fully saturated rings. The van der Waals surface area contributed by atoms with Gasteiger partial charge in [-0.25, -0.2) is 4.98 Å². The lowest BCUT2D eigenvalue weighted by molar-refractivity contribution is 0.284. The van der Waals surface area contributed by atoms with Crippen LogP contribution in [0.15, 0.2) is 18.3 Å². The SMILES string of the molecule is CNc1ccc(CN2CCCNCC2)cn1. The Kier molecular flexibility index (Phi) is 4.13. The van der Waals surface area contributed by atoms with E-state index in [9.17, 15) is 0 Å². The minimum atomic E-state index is 0.932. The fourth-order valence-electron chi connectivity index (χ4n) is 1.98. The summed E-state index contributed by atoms with van der Waals surface area (Å²) in [5, 5.41) is 6.45. The molecular weight excluding hydrogens is 200 g/mol. The van der Waals surface area contributed by atoms with E-state index in [4.69, 9.17) is 0 Å². The van der Waals surface area contributed by atoms with Gasteiger partial charge in [-0.15, -0.1) is 0 Å². The van der Waals surface area contributed by atoms with Crippen LogP contribution in [0.3, 0.4) is 0 Å². The fourth-order valence-corrected chi connectivity index (χ4v) is 1.98. The van der Waals surface area contributed by atoms with Gasteiger partial charge in [0.05, 0.1) is 0 Å². The monoisotopic (exact) mass is 220 g/mol. The number of pyridine rings is 1. The van der Waals surface area contributed by atoms with Gasteiger partial charge in [-0.1, -0.05) is 6.07 Å². The first-order valence-corrected chi connectivity index (χ1v) is 5.94. The third-order valence-electron chi connectivity index (χ3n) is 2.92. The van der Waals surface area contributed by atoms with Crippen molar-refractivity contribution in [2.45, 2.75) is 13.0 Å². The predicted octanol–water partition coefficient (Wildman–Crippen LogP) is 0.919. The van der Waals surface area contributed by atoms with Gasteiger partial charge < -0.3 is 10.6 Å². The van der Waals surface area contributed by atoms with Crippen LogP contribution in [-0.4, -0.2) is 43.1 Å². The maximum absolute atomic E-state index is 4.33. The molecule has 0 saturated carbocycles. The summed E-state index contributed by atoms with van der Waals surface area (Å²) in [4.78, 5) is 6.81. The van der Waals surface area contributed by atoms with Crippen molar-refractivity contribution in [1.82, 2.24) is 15.2 Å². The first-order chi connectivity index (χ1) is 7.88. The van der Waals surface area contributed by atoms with Gasteiger partial charge in [0.15, 0.2) is 0 Å². The molecule has 0 spiro atoms. The van der Waals surface area contributed by atoms with Crippen LogP contribution in [0.2, 0.25) is 0 Å². The lowest BCUT2D eigenvalue weighted by Gasteiger charge is -2.19. The maximum Gasteiger partial charge on any atom is 0.125 e. The number of hydrogen-bond donors (Lipinski definition) is 2. The van der Waals surface area contributed by atoms with E-state index >= 15 is 0 Å². The van der Waals surface area contributed by atoms with Crippen LogP contribution in [0.25, 0.3) is 0 Å². The van der Waals surface area contributed by atoms with Crippen LogP contribution in [0, 0.1) is 0 Å². The molecule has 4 heteroatoms. The molecule has 1 aliphatic rings. The van der Waals surface area contributed by atoms with E-state index in [0.29, 0.717) is 0 Å². The summed E-state index contributed by atoms with van der Waals surface area (Å²) in [6.45, 7) is 5.57. The standard InChI is InChI=1S/C12H20N4/c1-13-12-4-3-11(9-15-12)10-16-7-2-5-14-6-8-16/h3-4,9,14H,2,5-8,10H2,1H3,(H,13,15). The summed E-state index contributed by atoms with van der Waals surface area (Å²) in [7, 11) is 1.89. The van der Waals surface area contributed by atoms with Gasteiger partial charge in [-0.2, -0.15) is 0 Å². The molecule has 0 unspecified atom stereocenters. The summed E-state index contributed by atoms with van der Waals surface area (Å²) >= 11 is 0. The average molecular weight is 220 g/mol. The third-order valence-corrected chi connectivity index (χ3v) is 2.92. The number of hydrogen-bond acceptors (Lipinski definition) is 4. The largest absolute Gasteiger partial charge is 0.373 e. The quantitative estimate of drug-likeness (QED) is 0.794. The molecule has 0 atom stereocenters. The van der Waals surface area contributed by atoms with E-state index in [0.717, 1.165) is 32.0 Å². The van der Waals surface area contributed by atoms with E-state index in [1.54, 1.807) is 0 Å². The summed E-state index contributed by atoms with van der Waals surface area (Å²) in [5.41, 5.74) is 1.29. The summed E-state index contributed by atoms with van der Waals surface area (Å²) in [6.07, 6.45) is 3.20. The molecule has 16 heavy (non-hydrogen) atoms. The van der Waals surface area contributed by atoms with E-state index < -0.39 is 0 Å². The third kappa shape index (κ3) is 3.18. The molecule has 88 valence electrons. The number of rotatable bonds is 3. The molecule has 2 heterocycles. The predicted molar refractivity (Wildman–Crippen MR) is 66.5 cm³/mol. The molecule has 0 aliphatic carbocycles. The second-order valence-electron chi connectivity index (χ2n) is 4.18. The van der Waals surface area contributed by atoms with E-state index in [1.165, 1.54) is 18.5 Å². The molecule has 0 bridgehead atoms. The van der Waals surface area contributed by atoms with Crippen LogP contribution in [0.1, 0.15) is 12.0 Å². The van der Waals surface area contributed by atoms with Gasteiger partial charge in [0.25, 0.3) is 0 Å². The Bertz CT molecular complexity index is 301. The Morgan fingerprint density at radius 2 is 2.31 bits per heavy atom. The molecule has 0 amide bonds. The van der Waals surface area contributed by atoms with Crippen molar-refractivity contribution >= 4 is 5.82 Å². The topological polar surface area (TPSA) is 40.2 Å². The fraction of sp³-hybridized carbons (Fsp3) is 0.583. The normalized spacial score (nSPS) is 18.1. The maximum atomic E-state index is 4.33. The first kappa shape index (κ1) is 11.4. The molecule has 4 nitrogen and oxygen atoms in total. The molecule has 1 saturated heterocycles. The van der Waals surface area contributed by atoms with Gasteiger partial charge in [0, 0.05) is 32.9 Å². The van der Waals surface area contributed by atoms with Crippen molar-refractivity contribution in [2.24, 2.45) is 0 Å². The van der Waals surface area contributed by atoms with Crippen molar-refractivity contribution in [3.63, 3.8) is 0 Å². The van der Waals surface area contributed by atoms with Gasteiger partial charge in [0.1, 0.15) is 5.82 Å². The van der Waals surface area contributed by atoms with E-state index in [2.05, 4.69) is 26.6 Å². The number of aromatic nitrogens is 1. The highest BCUT2D eigenvalue weighted by atomic mass is 15.1. The lowest BCUT2D eigenvalue weighted by atomic mass is 10.2. The minimum Gasteiger partial charge on any atom is -0.373 e. The van der Waals surface area contributed by atoms with Gasteiger partial charge in [0.2, 0.25) is 0 Å². The number of anilines is 1. The Hall–Kier alpha value is -1.13. The van der Waals surface area contributed by atoms with Crippen LogP contribution in [0.5, 0.6) is 0 Å². The summed E-state index contributed by atoms with van der Waals surface area (Å²) in [5.74, 6) is 0.932. The van der Waals surface area contributed by atoms with Crippen molar-refractivity contribution in [3.05, 3.63) is 23.9 Å². The number of nitrogens with zero attached hydrogens (tertiary/aromatic N) is 2. The molecule has 1 aliphatic heterocycles. The molecule has 0 radical (unpaired) electrons. The van der Waals surface area contributed by atoms with E-state index in [-0.39, 0.29) is 0 Å². The molecule has 2 N–H and O–H groups in total. The Morgan fingerprint density at radius 1 is 1.38 bits per heavy atom. The summed E-state index contributed by atoms with van der Waals surface area (Å²) < 4.78 is 0. The zero-order valence-electron chi connectivity index (χ0n) is 9.87. The Labute approximate surface area is 97.1 Å². The van der Waals surface area contributed by atoms with Crippen molar-refractivity contribution < 1.29 is 0 Å². The van der Waals surface area contributed by atoms with Crippen LogP contribution < -0.4 is 10.6 Å². The van der Waals surface area contributed by atoms with Crippen LogP contribution >= 0.6 is 0 Å². The average Bonchev–Trinajstić information content (AvgIpc) is 2.59.